The summed E-state index contributed by atoms with van der Waals surface area (Å²) in [5, 5.41) is 23.0. The molecule has 5 rings (SSSR count). The van der Waals surface area contributed by atoms with Gasteiger partial charge in [0, 0.05) is 5.41 Å². The Labute approximate surface area is 198 Å². The second kappa shape index (κ2) is 6.77. The second-order valence-corrected chi connectivity index (χ2v) is 15.5. The van der Waals surface area contributed by atoms with Gasteiger partial charge < -0.3 is 10.2 Å². The molecule has 4 unspecified atom stereocenters. The average molecular weight is 445 g/mol. The van der Waals surface area contributed by atoms with Crippen LogP contribution in [0.25, 0.3) is 0 Å². The maximum atomic E-state index is 12.0. The van der Waals surface area contributed by atoms with E-state index in [2.05, 4.69) is 41.5 Å². The van der Waals surface area contributed by atoms with E-state index in [1.807, 2.05) is 13.8 Å². The van der Waals surface area contributed by atoms with Gasteiger partial charge in [0.05, 0.1) is 11.7 Å². The summed E-state index contributed by atoms with van der Waals surface area (Å²) in [6.07, 6.45) is 12.4. The van der Waals surface area contributed by atoms with E-state index in [-0.39, 0.29) is 22.3 Å². The fourth-order valence-electron chi connectivity index (χ4n) is 12.1. The van der Waals surface area contributed by atoms with Crippen LogP contribution in [0.5, 0.6) is 0 Å². The molecular weight excluding hydrogens is 392 g/mol. The Morgan fingerprint density at radius 1 is 0.719 bits per heavy atom. The molecule has 5 aliphatic carbocycles. The van der Waals surface area contributed by atoms with E-state index in [0.29, 0.717) is 28.6 Å². The van der Waals surface area contributed by atoms with E-state index in [9.17, 15) is 10.2 Å². The lowest BCUT2D eigenvalue weighted by molar-refractivity contribution is -0.275. The molecule has 0 spiro atoms. The van der Waals surface area contributed by atoms with Crippen LogP contribution in [0.2, 0.25) is 0 Å². The van der Waals surface area contributed by atoms with Crippen LogP contribution in [0.1, 0.15) is 120 Å². The molecule has 184 valence electrons. The summed E-state index contributed by atoms with van der Waals surface area (Å²) in [4.78, 5) is 0. The smallest absolute Gasteiger partial charge is 0.0622 e. The maximum absolute atomic E-state index is 12.0. The van der Waals surface area contributed by atoms with Crippen molar-refractivity contribution in [2.75, 3.05) is 0 Å². The fourth-order valence-corrected chi connectivity index (χ4v) is 12.1. The summed E-state index contributed by atoms with van der Waals surface area (Å²) in [6, 6.07) is 0. The molecule has 32 heavy (non-hydrogen) atoms. The Kier molecular flexibility index (Phi) is 5.01. The van der Waals surface area contributed by atoms with Gasteiger partial charge in [-0.05, 0) is 123 Å². The van der Waals surface area contributed by atoms with Crippen molar-refractivity contribution < 1.29 is 10.2 Å². The molecule has 5 aliphatic rings. The summed E-state index contributed by atoms with van der Waals surface area (Å²) >= 11 is 0. The number of fused-ring (bicyclic) bond motifs is 7. The lowest BCUT2D eigenvalue weighted by Crippen LogP contribution is -2.69. The largest absolute Gasteiger partial charge is 0.393 e. The quantitative estimate of drug-likeness (QED) is 0.448. The third-order valence-electron chi connectivity index (χ3n) is 13.7. The Morgan fingerprint density at radius 3 is 2.03 bits per heavy atom. The molecule has 2 nitrogen and oxygen atoms in total. The second-order valence-electron chi connectivity index (χ2n) is 15.5. The Bertz CT molecular complexity index is 765. The number of aliphatic hydroxyl groups excluding tert-OH is 1. The lowest BCUT2D eigenvalue weighted by atomic mass is 9.31. The highest BCUT2D eigenvalue weighted by atomic mass is 16.3. The number of aliphatic hydroxyl groups is 2. The van der Waals surface area contributed by atoms with Crippen LogP contribution < -0.4 is 0 Å². The van der Waals surface area contributed by atoms with Gasteiger partial charge in [0.25, 0.3) is 0 Å². The van der Waals surface area contributed by atoms with Crippen LogP contribution >= 0.6 is 0 Å². The van der Waals surface area contributed by atoms with Gasteiger partial charge in [-0.3, -0.25) is 0 Å². The van der Waals surface area contributed by atoms with Crippen molar-refractivity contribution >= 4 is 0 Å². The SMILES string of the molecule is CC1(C)CCC[C@@]2(C)C1CC[C@]1(C)C2CCC2[C@@]3(C)CC[C@H](C(C)(C)O)C3C[C@H](O)[C@]21C. The lowest BCUT2D eigenvalue weighted by Gasteiger charge is -2.74. The molecule has 0 saturated heterocycles. The summed E-state index contributed by atoms with van der Waals surface area (Å²) in [5.41, 5.74) is 0.706. The van der Waals surface area contributed by atoms with E-state index in [1.54, 1.807) is 0 Å². The predicted molar refractivity (Wildman–Crippen MR) is 132 cm³/mol. The molecule has 0 amide bonds. The van der Waals surface area contributed by atoms with Gasteiger partial charge in [-0.25, -0.2) is 0 Å². The summed E-state index contributed by atoms with van der Waals surface area (Å²) in [5.74, 6) is 2.92. The molecule has 0 heterocycles. The first-order chi connectivity index (χ1) is 14.6. The van der Waals surface area contributed by atoms with E-state index in [1.165, 1.54) is 51.4 Å². The van der Waals surface area contributed by atoms with Crippen molar-refractivity contribution in [1.82, 2.24) is 0 Å². The zero-order valence-corrected chi connectivity index (χ0v) is 22.4. The molecule has 5 fully saturated rings. The third kappa shape index (κ3) is 2.72. The molecule has 0 aromatic rings. The van der Waals surface area contributed by atoms with Gasteiger partial charge >= 0.3 is 0 Å². The van der Waals surface area contributed by atoms with E-state index in [0.717, 1.165) is 24.7 Å². The summed E-state index contributed by atoms with van der Waals surface area (Å²) in [6.45, 7) is 19.4. The highest BCUT2D eigenvalue weighted by molar-refractivity contribution is 5.21. The Morgan fingerprint density at radius 2 is 1.38 bits per heavy atom. The van der Waals surface area contributed by atoms with Gasteiger partial charge in [0.15, 0.2) is 0 Å². The first kappa shape index (κ1) is 23.7. The van der Waals surface area contributed by atoms with Gasteiger partial charge in [-0.1, -0.05) is 48.0 Å². The number of hydrogen-bond acceptors (Lipinski definition) is 2. The zero-order chi connectivity index (χ0) is 23.5. The molecular formula is C30H52O2. The van der Waals surface area contributed by atoms with Crippen molar-refractivity contribution in [3.05, 3.63) is 0 Å². The average Bonchev–Trinajstić information content (AvgIpc) is 3.00. The molecule has 0 bridgehead atoms. The first-order valence-electron chi connectivity index (χ1n) is 14.0. The molecule has 10 atom stereocenters. The standard InChI is InChI=1S/C30H52O2/c1-25(2)14-9-15-28(6)21(25)13-17-29(7)22(28)10-11-23-27(5)16-12-19(26(3,4)32)20(27)18-24(31)30(23,29)8/h19-24,31-32H,9-18H2,1-8H3/t19-,20?,21?,22?,23?,24-,27-,28-,29+,30-/m0/s1. The van der Waals surface area contributed by atoms with Crippen LogP contribution in [-0.4, -0.2) is 21.9 Å². The maximum Gasteiger partial charge on any atom is 0.0622 e. The minimum absolute atomic E-state index is 0.00871. The third-order valence-corrected chi connectivity index (χ3v) is 13.7. The van der Waals surface area contributed by atoms with Crippen LogP contribution in [-0.2, 0) is 0 Å². The van der Waals surface area contributed by atoms with Gasteiger partial charge in [0.2, 0.25) is 0 Å². The van der Waals surface area contributed by atoms with Crippen molar-refractivity contribution in [2.45, 2.75) is 131 Å². The number of hydrogen-bond donors (Lipinski definition) is 2. The molecule has 2 heteroatoms. The van der Waals surface area contributed by atoms with Crippen molar-refractivity contribution in [1.29, 1.82) is 0 Å². The molecule has 5 saturated carbocycles. The van der Waals surface area contributed by atoms with Gasteiger partial charge in [-0.15, -0.1) is 0 Å². The highest BCUT2D eigenvalue weighted by Crippen LogP contribution is 2.78. The normalized spacial score (nSPS) is 57.2. The van der Waals surface area contributed by atoms with E-state index >= 15 is 0 Å². The zero-order valence-electron chi connectivity index (χ0n) is 22.4. The van der Waals surface area contributed by atoms with Crippen LogP contribution in [0.3, 0.4) is 0 Å². The van der Waals surface area contributed by atoms with Crippen molar-refractivity contribution in [3.8, 4) is 0 Å². The van der Waals surface area contributed by atoms with Gasteiger partial charge in [0.1, 0.15) is 0 Å². The summed E-state index contributed by atoms with van der Waals surface area (Å²) in [7, 11) is 0. The predicted octanol–water partition coefficient (Wildman–Crippen LogP) is 7.22. The molecule has 0 aliphatic heterocycles. The highest BCUT2D eigenvalue weighted by Gasteiger charge is 2.73. The monoisotopic (exact) mass is 444 g/mol. The van der Waals surface area contributed by atoms with Crippen LogP contribution in [0, 0.1) is 56.7 Å². The Hall–Kier alpha value is -0.0800. The Balaban J connectivity index is 1.56. The minimum atomic E-state index is -0.643. The van der Waals surface area contributed by atoms with Crippen LogP contribution in [0.4, 0.5) is 0 Å². The van der Waals surface area contributed by atoms with Gasteiger partial charge in [-0.2, -0.15) is 0 Å². The molecule has 0 aromatic carbocycles. The molecule has 0 aromatic heterocycles. The molecule has 0 radical (unpaired) electrons. The fraction of sp³-hybridized carbons (Fsp3) is 1.00. The van der Waals surface area contributed by atoms with E-state index in [4.69, 9.17) is 0 Å². The number of rotatable bonds is 1. The van der Waals surface area contributed by atoms with Crippen molar-refractivity contribution in [3.63, 3.8) is 0 Å². The topological polar surface area (TPSA) is 40.5 Å². The van der Waals surface area contributed by atoms with Crippen LogP contribution in [0.15, 0.2) is 0 Å². The van der Waals surface area contributed by atoms with E-state index < -0.39 is 5.60 Å². The molecule has 2 N–H and O–H groups in total. The minimum Gasteiger partial charge on any atom is -0.393 e. The first-order valence-corrected chi connectivity index (χ1v) is 14.0. The summed E-state index contributed by atoms with van der Waals surface area (Å²) < 4.78 is 0. The van der Waals surface area contributed by atoms with Crippen molar-refractivity contribution in [2.24, 2.45) is 56.7 Å².